The number of benzene rings is 2. The lowest BCUT2D eigenvalue weighted by Crippen LogP contribution is -2.73. The Bertz CT molecular complexity index is 1640. The first-order valence-electron chi connectivity index (χ1n) is 15.8. The van der Waals surface area contributed by atoms with Gasteiger partial charge in [0, 0.05) is 0 Å². The van der Waals surface area contributed by atoms with Gasteiger partial charge >= 0.3 is 0 Å². The van der Waals surface area contributed by atoms with Crippen LogP contribution in [-0.2, 0) is 23.8 Å². The molecule has 4 rings (SSSR count). The van der Waals surface area contributed by atoms with E-state index in [9.17, 15) is 60.7 Å². The van der Waals surface area contributed by atoms with Gasteiger partial charge in [-0.1, -0.05) is 12.2 Å². The number of carbonyl (C=O) groups excluding carboxylic acids is 2. The zero-order valence-corrected chi connectivity index (χ0v) is 28.8. The number of aliphatic hydroxyl groups is 8. The average molecular weight is 755 g/mol. The Kier molecular flexibility index (Phi) is 13.1. The lowest BCUT2D eigenvalue weighted by molar-refractivity contribution is -0.394. The summed E-state index contributed by atoms with van der Waals surface area (Å²) in [6.07, 6.45) is -14.0. The molecule has 19 nitrogen and oxygen atoms in total. The maximum atomic E-state index is 13.7. The van der Waals surface area contributed by atoms with Gasteiger partial charge in [0.25, 0.3) is 0 Å². The third-order valence-corrected chi connectivity index (χ3v) is 8.85. The number of phenols is 2. The number of hydrogen-bond donors (Lipinski definition) is 10. The SMILES string of the molecule is COc1cc(/C=C/C(=O)C(O)[C@H]2OC(OC3(CO)O[C@H](CO)[C@@H](O)[C@@H]3O)[C@H](O)[C@](O)(C(=O)/C=C/c3cc(OC)c(O)c(OC)c3)[C@@H]2O)cc(OC)c1O. The fourth-order valence-corrected chi connectivity index (χ4v) is 5.80. The van der Waals surface area contributed by atoms with E-state index in [1.54, 1.807) is 0 Å². The van der Waals surface area contributed by atoms with Gasteiger partial charge in [0.1, 0.15) is 49.3 Å². The molecule has 292 valence electrons. The Morgan fingerprint density at radius 3 is 1.68 bits per heavy atom. The standard InChI is InChI=1S/C34H42O19/c1-47-18-9-15(10-19(48-2)25(18)40)5-7-17(37)24(39)28-30(44)34(46,23(38)8-6-16-11-20(49-3)26(41)21(12-16)50-4)31(45)32(51-28)53-33(14-36)29(43)27(42)22(13-35)52-33/h5-12,22,24,27-32,35-36,39-46H,13-14H2,1-4H3/b7-5+,8-6+/t22-,24?,27-,28-,29+,30-,31+,32?,33?,34+/m1/s1. The minimum atomic E-state index is -3.37. The second-order valence-electron chi connectivity index (χ2n) is 12.0. The minimum absolute atomic E-state index is 0.0273. The highest BCUT2D eigenvalue weighted by Crippen LogP contribution is 2.41. The number of ketones is 2. The van der Waals surface area contributed by atoms with Crippen molar-refractivity contribution in [2.45, 2.75) is 60.4 Å². The highest BCUT2D eigenvalue weighted by Gasteiger charge is 2.64. The maximum absolute atomic E-state index is 13.7. The maximum Gasteiger partial charge on any atom is 0.224 e. The predicted octanol–water partition coefficient (Wildman–Crippen LogP) is -2.65. The molecule has 2 aromatic rings. The fourth-order valence-electron chi connectivity index (χ4n) is 5.80. The van der Waals surface area contributed by atoms with Crippen molar-refractivity contribution in [1.82, 2.24) is 0 Å². The summed E-state index contributed by atoms with van der Waals surface area (Å²) in [7, 11) is 5.03. The van der Waals surface area contributed by atoms with Crippen LogP contribution in [0, 0.1) is 0 Å². The van der Waals surface area contributed by atoms with E-state index in [0.29, 0.717) is 6.08 Å². The zero-order valence-electron chi connectivity index (χ0n) is 28.8. The molecule has 0 spiro atoms. The number of methoxy groups -OCH3 is 4. The summed E-state index contributed by atoms with van der Waals surface area (Å²) in [5.74, 6) is -6.19. The van der Waals surface area contributed by atoms with Gasteiger partial charge < -0.3 is 84.2 Å². The molecule has 2 fully saturated rings. The molecule has 0 amide bonds. The second kappa shape index (κ2) is 16.7. The Hall–Kier alpha value is -4.38. The molecule has 53 heavy (non-hydrogen) atoms. The number of ether oxygens (including phenoxy) is 7. The van der Waals surface area contributed by atoms with Gasteiger partial charge in [0.15, 0.2) is 46.5 Å². The summed E-state index contributed by atoms with van der Waals surface area (Å²) in [6, 6.07) is 5.19. The third kappa shape index (κ3) is 7.81. The molecular weight excluding hydrogens is 712 g/mol. The number of aliphatic hydroxyl groups excluding tert-OH is 7. The Morgan fingerprint density at radius 2 is 1.26 bits per heavy atom. The van der Waals surface area contributed by atoms with Crippen molar-refractivity contribution in [2.24, 2.45) is 0 Å². The molecule has 10 atom stereocenters. The molecule has 0 aliphatic carbocycles. The number of hydrogen-bond acceptors (Lipinski definition) is 19. The van der Waals surface area contributed by atoms with Crippen molar-refractivity contribution >= 4 is 23.7 Å². The van der Waals surface area contributed by atoms with Crippen LogP contribution in [0.25, 0.3) is 12.2 Å². The molecule has 0 saturated carbocycles. The van der Waals surface area contributed by atoms with Crippen molar-refractivity contribution < 1.29 is 93.8 Å². The predicted molar refractivity (Wildman–Crippen MR) is 177 cm³/mol. The molecule has 0 radical (unpaired) electrons. The second-order valence-corrected chi connectivity index (χ2v) is 12.0. The summed E-state index contributed by atoms with van der Waals surface area (Å²) >= 11 is 0. The van der Waals surface area contributed by atoms with Crippen LogP contribution in [0.3, 0.4) is 0 Å². The molecule has 0 bridgehead atoms. The zero-order chi connectivity index (χ0) is 39.4. The lowest BCUT2D eigenvalue weighted by Gasteiger charge is -2.49. The van der Waals surface area contributed by atoms with E-state index in [2.05, 4.69) is 0 Å². The Morgan fingerprint density at radius 1 is 0.792 bits per heavy atom. The molecule has 2 aliphatic heterocycles. The summed E-state index contributed by atoms with van der Waals surface area (Å²) in [5.41, 5.74) is -2.98. The molecule has 2 heterocycles. The van der Waals surface area contributed by atoms with Crippen molar-refractivity contribution in [2.75, 3.05) is 41.7 Å². The number of rotatable bonds is 15. The normalized spacial score (nSPS) is 30.8. The molecule has 10 N–H and O–H groups in total. The quantitative estimate of drug-likeness (QED) is 0.0831. The van der Waals surface area contributed by atoms with Crippen LogP contribution in [0.4, 0.5) is 0 Å². The van der Waals surface area contributed by atoms with Gasteiger partial charge in [-0.05, 0) is 47.5 Å². The van der Waals surface area contributed by atoms with Crippen LogP contribution in [-0.4, -0.2) is 165 Å². The topological polar surface area (TPSA) is 301 Å². The van der Waals surface area contributed by atoms with Crippen LogP contribution in [0.5, 0.6) is 34.5 Å². The van der Waals surface area contributed by atoms with Crippen LogP contribution < -0.4 is 18.9 Å². The highest BCUT2D eigenvalue weighted by atomic mass is 16.8. The highest BCUT2D eigenvalue weighted by molar-refractivity contribution is 6.02. The van der Waals surface area contributed by atoms with E-state index in [4.69, 9.17) is 33.2 Å². The average Bonchev–Trinajstić information content (AvgIpc) is 3.41. The van der Waals surface area contributed by atoms with Gasteiger partial charge in [0.2, 0.25) is 17.3 Å². The smallest absolute Gasteiger partial charge is 0.224 e. The van der Waals surface area contributed by atoms with Crippen molar-refractivity contribution in [3.63, 3.8) is 0 Å². The first-order chi connectivity index (χ1) is 25.1. The van der Waals surface area contributed by atoms with Gasteiger partial charge in [-0.3, -0.25) is 9.59 Å². The number of phenolic OH excluding ortho intramolecular Hbond substituents is 2. The van der Waals surface area contributed by atoms with E-state index >= 15 is 0 Å². The van der Waals surface area contributed by atoms with E-state index in [0.717, 1.165) is 18.2 Å². The van der Waals surface area contributed by atoms with Crippen molar-refractivity contribution in [3.05, 3.63) is 47.5 Å². The van der Waals surface area contributed by atoms with Crippen molar-refractivity contribution in [3.8, 4) is 34.5 Å². The van der Waals surface area contributed by atoms with Crippen LogP contribution in [0.2, 0.25) is 0 Å². The molecule has 19 heteroatoms. The molecular formula is C34H42O19. The first kappa shape index (κ1) is 41.4. The largest absolute Gasteiger partial charge is 0.502 e. The molecule has 2 aromatic carbocycles. The van der Waals surface area contributed by atoms with Gasteiger partial charge in [-0.2, -0.15) is 0 Å². The van der Waals surface area contributed by atoms with E-state index in [1.165, 1.54) is 52.7 Å². The lowest BCUT2D eigenvalue weighted by atomic mass is 9.78. The molecule has 0 aromatic heterocycles. The fraction of sp³-hybridized carbons (Fsp3) is 0.471. The van der Waals surface area contributed by atoms with Crippen LogP contribution in [0.1, 0.15) is 11.1 Å². The Labute approximate surface area is 301 Å². The Balaban J connectivity index is 1.73. The third-order valence-electron chi connectivity index (χ3n) is 8.85. The molecule has 3 unspecified atom stereocenters. The summed E-state index contributed by atoms with van der Waals surface area (Å²) in [5, 5.41) is 107. The summed E-state index contributed by atoms with van der Waals surface area (Å²) in [4.78, 5) is 27.0. The monoisotopic (exact) mass is 754 g/mol. The molecule has 2 aliphatic rings. The van der Waals surface area contributed by atoms with Gasteiger partial charge in [0.05, 0.1) is 35.0 Å². The summed E-state index contributed by atoms with van der Waals surface area (Å²) < 4.78 is 36.7. The van der Waals surface area contributed by atoms with Crippen molar-refractivity contribution in [1.29, 1.82) is 0 Å². The molecule has 2 saturated heterocycles. The summed E-state index contributed by atoms with van der Waals surface area (Å²) in [6.45, 7) is -2.14. The number of aromatic hydroxyl groups is 2. The first-order valence-corrected chi connectivity index (χ1v) is 15.8. The van der Waals surface area contributed by atoms with E-state index in [1.807, 2.05) is 0 Å². The minimum Gasteiger partial charge on any atom is -0.502 e. The van der Waals surface area contributed by atoms with Crippen LogP contribution >= 0.6 is 0 Å². The number of carbonyl (C=O) groups is 2. The van der Waals surface area contributed by atoms with E-state index in [-0.39, 0.29) is 45.6 Å². The van der Waals surface area contributed by atoms with E-state index < -0.39 is 85.2 Å². The van der Waals surface area contributed by atoms with Gasteiger partial charge in [-0.25, -0.2) is 0 Å². The van der Waals surface area contributed by atoms with Crippen LogP contribution in [0.15, 0.2) is 36.4 Å². The van der Waals surface area contributed by atoms with Gasteiger partial charge in [-0.15, -0.1) is 0 Å².